The van der Waals surface area contributed by atoms with Crippen molar-refractivity contribution in [2.24, 2.45) is 0 Å². The van der Waals surface area contributed by atoms with E-state index < -0.39 is 17.3 Å². The SMILES string of the molecule is COc1cc(C(F)(F)F)c(C=O)cc1OCc1ccccc1. The Hall–Kier alpha value is -2.50. The van der Waals surface area contributed by atoms with Gasteiger partial charge in [0.25, 0.3) is 0 Å². The van der Waals surface area contributed by atoms with Crippen molar-refractivity contribution in [1.29, 1.82) is 0 Å². The minimum Gasteiger partial charge on any atom is -0.493 e. The molecule has 0 aliphatic rings. The van der Waals surface area contributed by atoms with Gasteiger partial charge in [0.1, 0.15) is 6.61 Å². The molecule has 0 unspecified atom stereocenters. The Balaban J connectivity index is 2.33. The highest BCUT2D eigenvalue weighted by Gasteiger charge is 2.34. The van der Waals surface area contributed by atoms with Gasteiger partial charge < -0.3 is 9.47 Å². The molecule has 0 saturated heterocycles. The van der Waals surface area contributed by atoms with Gasteiger partial charge in [-0.15, -0.1) is 0 Å². The van der Waals surface area contributed by atoms with Gasteiger partial charge >= 0.3 is 6.18 Å². The van der Waals surface area contributed by atoms with Gasteiger partial charge in [-0.25, -0.2) is 0 Å². The predicted molar refractivity (Wildman–Crippen MR) is 74.2 cm³/mol. The number of hydrogen-bond acceptors (Lipinski definition) is 3. The number of carbonyl (C=O) groups excluding carboxylic acids is 1. The van der Waals surface area contributed by atoms with Gasteiger partial charge in [-0.05, 0) is 17.7 Å². The first-order valence-electron chi connectivity index (χ1n) is 6.37. The molecule has 0 aliphatic heterocycles. The Morgan fingerprint density at radius 3 is 2.32 bits per heavy atom. The highest BCUT2D eigenvalue weighted by atomic mass is 19.4. The molecule has 0 fully saturated rings. The lowest BCUT2D eigenvalue weighted by molar-refractivity contribution is -0.137. The maximum atomic E-state index is 12.9. The van der Waals surface area contributed by atoms with Crippen LogP contribution in [0.25, 0.3) is 0 Å². The van der Waals surface area contributed by atoms with Crippen LogP contribution in [0.3, 0.4) is 0 Å². The molecular formula is C16H13F3O3. The maximum Gasteiger partial charge on any atom is 0.417 e. The Morgan fingerprint density at radius 1 is 1.09 bits per heavy atom. The summed E-state index contributed by atoms with van der Waals surface area (Å²) in [5.74, 6) is 0.00955. The summed E-state index contributed by atoms with van der Waals surface area (Å²) in [6, 6.07) is 10.9. The smallest absolute Gasteiger partial charge is 0.417 e. The number of methoxy groups -OCH3 is 1. The van der Waals surface area contributed by atoms with Gasteiger partial charge in [0.05, 0.1) is 12.7 Å². The monoisotopic (exact) mass is 310 g/mol. The van der Waals surface area contributed by atoms with Crippen molar-refractivity contribution in [3.8, 4) is 11.5 Å². The zero-order chi connectivity index (χ0) is 16.2. The molecular weight excluding hydrogens is 297 g/mol. The van der Waals surface area contributed by atoms with E-state index >= 15 is 0 Å². The van der Waals surface area contributed by atoms with Gasteiger partial charge in [0, 0.05) is 5.56 Å². The zero-order valence-corrected chi connectivity index (χ0v) is 11.7. The van der Waals surface area contributed by atoms with Crippen LogP contribution >= 0.6 is 0 Å². The summed E-state index contributed by atoms with van der Waals surface area (Å²) in [5.41, 5.74) is -0.695. The van der Waals surface area contributed by atoms with Crippen molar-refractivity contribution in [2.45, 2.75) is 12.8 Å². The fourth-order valence-corrected chi connectivity index (χ4v) is 1.93. The number of alkyl halides is 3. The molecule has 22 heavy (non-hydrogen) atoms. The van der Waals surface area contributed by atoms with E-state index in [9.17, 15) is 18.0 Å². The van der Waals surface area contributed by atoms with E-state index in [-0.39, 0.29) is 24.4 Å². The summed E-state index contributed by atoms with van der Waals surface area (Å²) in [5, 5.41) is 0. The largest absolute Gasteiger partial charge is 0.493 e. The quantitative estimate of drug-likeness (QED) is 0.780. The normalized spacial score (nSPS) is 11.1. The third-order valence-electron chi connectivity index (χ3n) is 3.01. The molecule has 0 heterocycles. The third kappa shape index (κ3) is 3.58. The molecule has 0 amide bonds. The molecule has 0 spiro atoms. The van der Waals surface area contributed by atoms with Crippen LogP contribution in [0.15, 0.2) is 42.5 Å². The second kappa shape index (κ2) is 6.51. The molecule has 116 valence electrons. The Morgan fingerprint density at radius 2 is 1.77 bits per heavy atom. The number of carbonyl (C=O) groups is 1. The van der Waals surface area contributed by atoms with Crippen LogP contribution in [0.1, 0.15) is 21.5 Å². The van der Waals surface area contributed by atoms with Crippen molar-refractivity contribution < 1.29 is 27.4 Å². The van der Waals surface area contributed by atoms with Gasteiger partial charge in [0.15, 0.2) is 17.8 Å². The van der Waals surface area contributed by atoms with Crippen molar-refractivity contribution in [3.63, 3.8) is 0 Å². The molecule has 3 nitrogen and oxygen atoms in total. The van der Waals surface area contributed by atoms with Crippen LogP contribution in [0.5, 0.6) is 11.5 Å². The topological polar surface area (TPSA) is 35.5 Å². The number of hydrogen-bond donors (Lipinski definition) is 0. The standard InChI is InChI=1S/C16H13F3O3/c1-21-14-8-13(16(17,18)19)12(9-20)7-15(14)22-10-11-5-3-2-4-6-11/h2-9H,10H2,1H3. The van der Waals surface area contributed by atoms with Crippen LogP contribution in [0.4, 0.5) is 13.2 Å². The number of rotatable bonds is 5. The van der Waals surface area contributed by atoms with Crippen LogP contribution < -0.4 is 9.47 Å². The van der Waals surface area contributed by atoms with Crippen LogP contribution in [0.2, 0.25) is 0 Å². The summed E-state index contributed by atoms with van der Waals surface area (Å²) in [4.78, 5) is 10.9. The number of ether oxygens (including phenoxy) is 2. The van der Waals surface area contributed by atoms with E-state index in [1.165, 1.54) is 7.11 Å². The van der Waals surface area contributed by atoms with Gasteiger partial charge in [-0.1, -0.05) is 30.3 Å². The minimum atomic E-state index is -4.64. The lowest BCUT2D eigenvalue weighted by atomic mass is 10.1. The van der Waals surface area contributed by atoms with Gasteiger partial charge in [0.2, 0.25) is 0 Å². The second-order valence-electron chi connectivity index (χ2n) is 4.48. The van der Waals surface area contributed by atoms with Crippen LogP contribution in [0, 0.1) is 0 Å². The average Bonchev–Trinajstić information content (AvgIpc) is 2.52. The first kappa shape index (κ1) is 15.9. The molecule has 0 saturated carbocycles. The molecule has 6 heteroatoms. The van der Waals surface area contributed by atoms with E-state index in [1.807, 2.05) is 30.3 Å². The predicted octanol–water partition coefficient (Wildman–Crippen LogP) is 4.11. The number of aldehydes is 1. The summed E-state index contributed by atoms with van der Waals surface area (Å²) in [7, 11) is 1.24. The number of halogens is 3. The Labute approximate surface area is 125 Å². The van der Waals surface area contributed by atoms with Gasteiger partial charge in [-0.2, -0.15) is 13.2 Å². The minimum absolute atomic E-state index is 0.0751. The Kier molecular flexibility index (Phi) is 4.70. The zero-order valence-electron chi connectivity index (χ0n) is 11.7. The van der Waals surface area contributed by atoms with Crippen molar-refractivity contribution in [3.05, 3.63) is 59.2 Å². The molecule has 0 radical (unpaired) electrons. The van der Waals surface area contributed by atoms with Gasteiger partial charge in [-0.3, -0.25) is 4.79 Å². The molecule has 2 aromatic rings. The Bertz CT molecular complexity index is 652. The van der Waals surface area contributed by atoms with Crippen LogP contribution in [-0.2, 0) is 12.8 Å². The first-order valence-corrected chi connectivity index (χ1v) is 6.37. The molecule has 0 N–H and O–H groups in total. The molecule has 2 aromatic carbocycles. The van der Waals surface area contributed by atoms with E-state index in [1.54, 1.807) is 0 Å². The molecule has 0 bridgehead atoms. The third-order valence-corrected chi connectivity index (χ3v) is 3.01. The summed E-state index contributed by atoms with van der Waals surface area (Å²) >= 11 is 0. The lowest BCUT2D eigenvalue weighted by Crippen LogP contribution is -2.10. The van der Waals surface area contributed by atoms with Crippen LogP contribution in [-0.4, -0.2) is 13.4 Å². The van der Waals surface area contributed by atoms with E-state index in [0.717, 1.165) is 17.7 Å². The highest BCUT2D eigenvalue weighted by Crippen LogP contribution is 2.38. The fourth-order valence-electron chi connectivity index (χ4n) is 1.93. The molecule has 0 aromatic heterocycles. The van der Waals surface area contributed by atoms with E-state index in [0.29, 0.717) is 0 Å². The lowest BCUT2D eigenvalue weighted by Gasteiger charge is -2.15. The second-order valence-corrected chi connectivity index (χ2v) is 4.48. The van der Waals surface area contributed by atoms with E-state index in [2.05, 4.69) is 0 Å². The number of benzene rings is 2. The molecule has 2 rings (SSSR count). The van der Waals surface area contributed by atoms with Crippen molar-refractivity contribution in [2.75, 3.05) is 7.11 Å². The maximum absolute atomic E-state index is 12.9. The van der Waals surface area contributed by atoms with E-state index in [4.69, 9.17) is 9.47 Å². The first-order chi connectivity index (χ1) is 10.5. The summed E-state index contributed by atoms with van der Waals surface area (Å²) < 4.78 is 49.0. The average molecular weight is 310 g/mol. The van der Waals surface area contributed by atoms with Crippen molar-refractivity contribution >= 4 is 6.29 Å². The van der Waals surface area contributed by atoms with Crippen molar-refractivity contribution in [1.82, 2.24) is 0 Å². The fraction of sp³-hybridized carbons (Fsp3) is 0.188. The molecule has 0 atom stereocenters. The summed E-state index contributed by atoms with van der Waals surface area (Å²) in [6.07, 6.45) is -4.49. The highest BCUT2D eigenvalue weighted by molar-refractivity contribution is 5.79. The molecule has 0 aliphatic carbocycles. The summed E-state index contributed by atoms with van der Waals surface area (Å²) in [6.45, 7) is 0.154.